The standard InChI is InChI=1S/C12H17NS/c1-3-4-9-12(2)13-10-7-5-6-8-11(10)14-12/h5-8,13H,3-4,9H2,1-2H3. The average Bonchev–Trinajstić information content (AvgIpc) is 2.51. The third-order valence-electron chi connectivity index (χ3n) is 2.63. The predicted molar refractivity (Wildman–Crippen MR) is 63.9 cm³/mol. The van der Waals surface area contributed by atoms with Crippen LogP contribution in [0.15, 0.2) is 29.2 Å². The molecule has 14 heavy (non-hydrogen) atoms. The van der Waals surface area contributed by atoms with Crippen molar-refractivity contribution in [1.82, 2.24) is 0 Å². The number of thioether (sulfide) groups is 1. The zero-order valence-corrected chi connectivity index (χ0v) is 9.66. The van der Waals surface area contributed by atoms with Gasteiger partial charge in [0.2, 0.25) is 0 Å². The van der Waals surface area contributed by atoms with Crippen LogP contribution in [0, 0.1) is 0 Å². The molecule has 1 unspecified atom stereocenters. The molecule has 1 aromatic carbocycles. The molecule has 1 heterocycles. The summed E-state index contributed by atoms with van der Waals surface area (Å²) >= 11 is 1.97. The van der Waals surface area contributed by atoms with Gasteiger partial charge in [-0.1, -0.05) is 43.7 Å². The van der Waals surface area contributed by atoms with Crippen LogP contribution in [-0.2, 0) is 0 Å². The summed E-state index contributed by atoms with van der Waals surface area (Å²) in [5.74, 6) is 0. The van der Waals surface area contributed by atoms with Gasteiger partial charge in [-0.05, 0) is 25.5 Å². The van der Waals surface area contributed by atoms with Crippen molar-refractivity contribution in [3.63, 3.8) is 0 Å². The third-order valence-corrected chi connectivity index (χ3v) is 3.96. The number of hydrogen-bond acceptors (Lipinski definition) is 2. The molecule has 1 aliphatic heterocycles. The second-order valence-electron chi connectivity index (χ2n) is 4.06. The first-order valence-corrected chi connectivity index (χ1v) is 6.11. The zero-order chi connectivity index (χ0) is 10.0. The molecule has 1 aliphatic rings. The molecule has 0 amide bonds. The van der Waals surface area contributed by atoms with Gasteiger partial charge in [0.05, 0.1) is 4.87 Å². The van der Waals surface area contributed by atoms with E-state index in [4.69, 9.17) is 0 Å². The molecular formula is C12H17NS. The van der Waals surface area contributed by atoms with Gasteiger partial charge in [0.1, 0.15) is 0 Å². The largest absolute Gasteiger partial charge is 0.370 e. The van der Waals surface area contributed by atoms with Crippen LogP contribution in [0.25, 0.3) is 0 Å². The van der Waals surface area contributed by atoms with E-state index in [0.717, 1.165) is 0 Å². The maximum Gasteiger partial charge on any atom is 0.0852 e. The molecular weight excluding hydrogens is 190 g/mol. The van der Waals surface area contributed by atoms with Crippen LogP contribution in [0.2, 0.25) is 0 Å². The Morgan fingerprint density at radius 3 is 2.86 bits per heavy atom. The summed E-state index contributed by atoms with van der Waals surface area (Å²) in [7, 11) is 0. The molecule has 0 saturated heterocycles. The topological polar surface area (TPSA) is 12.0 Å². The van der Waals surface area contributed by atoms with E-state index in [1.54, 1.807) is 0 Å². The molecule has 0 aliphatic carbocycles. The summed E-state index contributed by atoms with van der Waals surface area (Å²) in [6.07, 6.45) is 3.81. The lowest BCUT2D eigenvalue weighted by Gasteiger charge is -2.23. The third kappa shape index (κ3) is 1.90. The molecule has 1 N–H and O–H groups in total. The Hall–Kier alpha value is -0.630. The monoisotopic (exact) mass is 207 g/mol. The molecule has 0 fully saturated rings. The minimum absolute atomic E-state index is 0.222. The molecule has 76 valence electrons. The van der Waals surface area contributed by atoms with Crippen molar-refractivity contribution < 1.29 is 0 Å². The highest BCUT2D eigenvalue weighted by Crippen LogP contribution is 2.47. The van der Waals surface area contributed by atoms with Crippen LogP contribution in [0.4, 0.5) is 5.69 Å². The smallest absolute Gasteiger partial charge is 0.0852 e. The van der Waals surface area contributed by atoms with Crippen LogP contribution >= 0.6 is 11.8 Å². The lowest BCUT2D eigenvalue weighted by atomic mass is 10.1. The molecule has 1 atom stereocenters. The first-order chi connectivity index (χ1) is 6.73. The quantitative estimate of drug-likeness (QED) is 0.800. The summed E-state index contributed by atoms with van der Waals surface area (Å²) in [4.78, 5) is 1.62. The van der Waals surface area contributed by atoms with Gasteiger partial charge in [0.25, 0.3) is 0 Å². The van der Waals surface area contributed by atoms with Gasteiger partial charge in [-0.25, -0.2) is 0 Å². The number of unbranched alkanes of at least 4 members (excludes halogenated alkanes) is 1. The first-order valence-electron chi connectivity index (χ1n) is 5.30. The number of benzene rings is 1. The highest BCUT2D eigenvalue weighted by Gasteiger charge is 2.31. The van der Waals surface area contributed by atoms with E-state index in [2.05, 4.69) is 43.4 Å². The van der Waals surface area contributed by atoms with Gasteiger partial charge in [0, 0.05) is 10.6 Å². The molecule has 0 saturated carbocycles. The molecule has 1 nitrogen and oxygen atoms in total. The molecule has 0 bridgehead atoms. The van der Waals surface area contributed by atoms with Crippen molar-refractivity contribution in [1.29, 1.82) is 0 Å². The lowest BCUT2D eigenvalue weighted by Crippen LogP contribution is -2.26. The second-order valence-corrected chi connectivity index (χ2v) is 5.60. The zero-order valence-electron chi connectivity index (χ0n) is 8.84. The van der Waals surface area contributed by atoms with Crippen molar-refractivity contribution in [2.75, 3.05) is 5.32 Å². The number of hydrogen-bond donors (Lipinski definition) is 1. The summed E-state index contributed by atoms with van der Waals surface area (Å²) in [6.45, 7) is 4.55. The molecule has 0 aromatic heterocycles. The Morgan fingerprint density at radius 2 is 2.14 bits per heavy atom. The molecule has 2 heteroatoms. The van der Waals surface area contributed by atoms with Crippen LogP contribution in [-0.4, -0.2) is 4.87 Å². The molecule has 0 spiro atoms. The predicted octanol–water partition coefficient (Wildman–Crippen LogP) is 4.11. The number of nitrogens with one attached hydrogen (secondary N) is 1. The number of anilines is 1. The summed E-state index contributed by atoms with van der Waals surface area (Å²) in [6, 6.07) is 8.57. The minimum Gasteiger partial charge on any atom is -0.370 e. The van der Waals surface area contributed by atoms with E-state index in [0.29, 0.717) is 0 Å². The Balaban J connectivity index is 2.09. The van der Waals surface area contributed by atoms with Gasteiger partial charge < -0.3 is 5.32 Å². The lowest BCUT2D eigenvalue weighted by molar-refractivity contribution is 0.610. The van der Waals surface area contributed by atoms with E-state index in [1.807, 2.05) is 11.8 Å². The average molecular weight is 207 g/mol. The van der Waals surface area contributed by atoms with Gasteiger partial charge in [0.15, 0.2) is 0 Å². The minimum atomic E-state index is 0.222. The van der Waals surface area contributed by atoms with Gasteiger partial charge in [-0.2, -0.15) is 0 Å². The van der Waals surface area contributed by atoms with Gasteiger partial charge in [-0.15, -0.1) is 0 Å². The van der Waals surface area contributed by atoms with Gasteiger partial charge in [-0.3, -0.25) is 0 Å². The fourth-order valence-electron chi connectivity index (χ4n) is 1.84. The van der Waals surface area contributed by atoms with Crippen molar-refractivity contribution in [2.24, 2.45) is 0 Å². The first kappa shape index (κ1) is 9.91. The van der Waals surface area contributed by atoms with Crippen LogP contribution in [0.1, 0.15) is 33.1 Å². The Kier molecular flexibility index (Phi) is 2.73. The molecule has 0 radical (unpaired) electrons. The summed E-state index contributed by atoms with van der Waals surface area (Å²) in [5.41, 5.74) is 1.30. The Bertz CT molecular complexity index is 297. The number of rotatable bonds is 3. The highest BCUT2D eigenvalue weighted by molar-refractivity contribution is 8.01. The second kappa shape index (κ2) is 3.85. The van der Waals surface area contributed by atoms with Crippen molar-refractivity contribution in [3.8, 4) is 0 Å². The summed E-state index contributed by atoms with van der Waals surface area (Å²) in [5, 5.41) is 3.61. The molecule has 1 aromatic rings. The van der Waals surface area contributed by atoms with E-state index >= 15 is 0 Å². The van der Waals surface area contributed by atoms with E-state index in [1.165, 1.54) is 29.8 Å². The normalized spacial score (nSPS) is 24.4. The van der Waals surface area contributed by atoms with E-state index in [9.17, 15) is 0 Å². The fourth-order valence-corrected chi connectivity index (χ4v) is 3.11. The van der Waals surface area contributed by atoms with Crippen molar-refractivity contribution in [2.45, 2.75) is 42.9 Å². The van der Waals surface area contributed by atoms with Crippen LogP contribution in [0.3, 0.4) is 0 Å². The van der Waals surface area contributed by atoms with Crippen molar-refractivity contribution in [3.05, 3.63) is 24.3 Å². The maximum absolute atomic E-state index is 3.61. The fraction of sp³-hybridized carbons (Fsp3) is 0.500. The highest BCUT2D eigenvalue weighted by atomic mass is 32.2. The van der Waals surface area contributed by atoms with Gasteiger partial charge >= 0.3 is 0 Å². The SMILES string of the molecule is CCCCC1(C)Nc2ccccc2S1. The van der Waals surface area contributed by atoms with E-state index in [-0.39, 0.29) is 4.87 Å². The van der Waals surface area contributed by atoms with E-state index < -0.39 is 0 Å². The Labute approximate surface area is 90.3 Å². The maximum atomic E-state index is 3.61. The van der Waals surface area contributed by atoms with Crippen LogP contribution < -0.4 is 5.32 Å². The van der Waals surface area contributed by atoms with Crippen LogP contribution in [0.5, 0.6) is 0 Å². The molecule has 2 rings (SSSR count). The summed E-state index contributed by atoms with van der Waals surface area (Å²) < 4.78 is 0. The van der Waals surface area contributed by atoms with Crippen molar-refractivity contribution >= 4 is 17.4 Å². The number of fused-ring (bicyclic) bond motifs is 1. The number of para-hydroxylation sites is 1. The Morgan fingerprint density at radius 1 is 1.36 bits per heavy atom.